The minimum atomic E-state index is -0.325. The molecule has 0 aromatic heterocycles. The Morgan fingerprint density at radius 3 is 2.79 bits per heavy atom. The Morgan fingerprint density at radius 2 is 2.05 bits per heavy atom. The summed E-state index contributed by atoms with van der Waals surface area (Å²) in [6.07, 6.45) is 1.21. The summed E-state index contributed by atoms with van der Waals surface area (Å²) in [5, 5.41) is 12.0. The minimum absolute atomic E-state index is 0.0839. The Morgan fingerprint density at radius 1 is 1.26 bits per heavy atom. The molecular weight excluding hydrogens is 269 g/mol. The quantitative estimate of drug-likeness (QED) is 0.524. The molecule has 0 amide bonds. The SMILES string of the molecule is ON=Cc1cc(Cl)ccc1OCc1ccccc1F. The smallest absolute Gasteiger partial charge is 0.129 e. The van der Waals surface area contributed by atoms with Crippen LogP contribution in [0.1, 0.15) is 11.1 Å². The van der Waals surface area contributed by atoms with E-state index in [-0.39, 0.29) is 12.4 Å². The summed E-state index contributed by atoms with van der Waals surface area (Å²) in [4.78, 5) is 0. The van der Waals surface area contributed by atoms with Gasteiger partial charge < -0.3 is 9.94 Å². The molecule has 5 heteroatoms. The maximum absolute atomic E-state index is 13.4. The van der Waals surface area contributed by atoms with Crippen LogP contribution in [0.5, 0.6) is 5.75 Å². The van der Waals surface area contributed by atoms with Crippen molar-refractivity contribution in [1.29, 1.82) is 0 Å². The van der Waals surface area contributed by atoms with Crippen molar-refractivity contribution in [3.05, 3.63) is 64.4 Å². The topological polar surface area (TPSA) is 41.8 Å². The summed E-state index contributed by atoms with van der Waals surface area (Å²) < 4.78 is 18.9. The third-order valence-corrected chi connectivity index (χ3v) is 2.74. The van der Waals surface area contributed by atoms with Gasteiger partial charge in [0.15, 0.2) is 0 Å². The molecule has 2 rings (SSSR count). The van der Waals surface area contributed by atoms with Gasteiger partial charge in [-0.05, 0) is 24.3 Å². The molecule has 0 aliphatic heterocycles. The fourth-order valence-corrected chi connectivity index (χ4v) is 1.77. The van der Waals surface area contributed by atoms with Crippen LogP contribution < -0.4 is 4.74 Å². The van der Waals surface area contributed by atoms with Crippen LogP contribution >= 0.6 is 11.6 Å². The van der Waals surface area contributed by atoms with Gasteiger partial charge >= 0.3 is 0 Å². The zero-order valence-electron chi connectivity index (χ0n) is 9.88. The molecule has 0 saturated carbocycles. The molecule has 98 valence electrons. The summed E-state index contributed by atoms with van der Waals surface area (Å²) in [6.45, 7) is 0.0839. The number of ether oxygens (including phenoxy) is 1. The lowest BCUT2D eigenvalue weighted by atomic mass is 10.2. The van der Waals surface area contributed by atoms with Gasteiger partial charge in [-0.15, -0.1) is 0 Å². The second kappa shape index (κ2) is 6.20. The summed E-state index contributed by atoms with van der Waals surface area (Å²) in [6, 6.07) is 11.2. The summed E-state index contributed by atoms with van der Waals surface area (Å²) in [7, 11) is 0. The highest BCUT2D eigenvalue weighted by Gasteiger charge is 2.06. The van der Waals surface area contributed by atoms with Crippen molar-refractivity contribution < 1.29 is 14.3 Å². The Hall–Kier alpha value is -2.07. The van der Waals surface area contributed by atoms with Crippen molar-refractivity contribution in [2.24, 2.45) is 5.16 Å². The normalized spacial score (nSPS) is 10.8. The molecule has 0 saturated heterocycles. The van der Waals surface area contributed by atoms with Crippen molar-refractivity contribution in [1.82, 2.24) is 0 Å². The molecule has 0 unspecified atom stereocenters. The van der Waals surface area contributed by atoms with E-state index in [1.807, 2.05) is 0 Å². The standard InChI is InChI=1S/C14H11ClFNO2/c15-12-5-6-14(11(7-12)8-17-18)19-9-10-3-1-2-4-13(10)16/h1-8,18H,9H2. The molecule has 0 radical (unpaired) electrons. The second-order valence-electron chi connectivity index (χ2n) is 3.81. The number of oxime groups is 1. The van der Waals surface area contributed by atoms with E-state index in [0.717, 1.165) is 0 Å². The van der Waals surface area contributed by atoms with Crippen LogP contribution in [0.15, 0.2) is 47.6 Å². The van der Waals surface area contributed by atoms with Crippen molar-refractivity contribution in [2.75, 3.05) is 0 Å². The van der Waals surface area contributed by atoms with Gasteiger partial charge in [-0.3, -0.25) is 0 Å². The highest BCUT2D eigenvalue weighted by molar-refractivity contribution is 6.30. The van der Waals surface area contributed by atoms with Gasteiger partial charge in [0.25, 0.3) is 0 Å². The van der Waals surface area contributed by atoms with Crippen LogP contribution in [0.3, 0.4) is 0 Å². The number of halogens is 2. The van der Waals surface area contributed by atoms with Crippen molar-refractivity contribution in [3.8, 4) is 5.75 Å². The molecule has 3 nitrogen and oxygen atoms in total. The first-order valence-corrected chi connectivity index (χ1v) is 5.91. The average Bonchev–Trinajstić information content (AvgIpc) is 2.40. The van der Waals surface area contributed by atoms with Gasteiger partial charge in [-0.25, -0.2) is 4.39 Å². The van der Waals surface area contributed by atoms with Crippen LogP contribution in [0.25, 0.3) is 0 Å². The van der Waals surface area contributed by atoms with Crippen molar-refractivity contribution in [2.45, 2.75) is 6.61 Å². The first kappa shape index (κ1) is 13.4. The monoisotopic (exact) mass is 279 g/mol. The predicted octanol–water partition coefficient (Wildman–Crippen LogP) is 3.87. The third-order valence-electron chi connectivity index (χ3n) is 2.51. The summed E-state index contributed by atoms with van der Waals surface area (Å²) in [5.74, 6) is 0.138. The molecular formula is C14H11ClFNO2. The minimum Gasteiger partial charge on any atom is -0.488 e. The van der Waals surface area contributed by atoms with Crippen LogP contribution in [0.4, 0.5) is 4.39 Å². The molecule has 19 heavy (non-hydrogen) atoms. The van der Waals surface area contributed by atoms with E-state index in [1.54, 1.807) is 36.4 Å². The Bertz CT molecular complexity index is 602. The largest absolute Gasteiger partial charge is 0.488 e. The van der Waals surface area contributed by atoms with Gasteiger partial charge in [-0.2, -0.15) is 0 Å². The molecule has 0 spiro atoms. The molecule has 0 fully saturated rings. The maximum atomic E-state index is 13.4. The number of hydrogen-bond acceptors (Lipinski definition) is 3. The predicted molar refractivity (Wildman–Crippen MR) is 71.6 cm³/mol. The van der Waals surface area contributed by atoms with Crippen LogP contribution in [0, 0.1) is 5.82 Å². The Balaban J connectivity index is 2.18. The maximum Gasteiger partial charge on any atom is 0.129 e. The Kier molecular flexibility index (Phi) is 4.36. The van der Waals surface area contributed by atoms with Crippen LogP contribution in [-0.4, -0.2) is 11.4 Å². The lowest BCUT2D eigenvalue weighted by molar-refractivity contribution is 0.298. The third kappa shape index (κ3) is 3.45. The number of benzene rings is 2. The van der Waals surface area contributed by atoms with Gasteiger partial charge in [0.2, 0.25) is 0 Å². The lowest BCUT2D eigenvalue weighted by Crippen LogP contribution is -2.00. The molecule has 2 aromatic carbocycles. The first-order chi connectivity index (χ1) is 9.20. The highest BCUT2D eigenvalue weighted by atomic mass is 35.5. The molecule has 0 bridgehead atoms. The molecule has 1 N–H and O–H groups in total. The number of nitrogens with zero attached hydrogens (tertiary/aromatic N) is 1. The summed E-state index contributed by atoms with van der Waals surface area (Å²) in [5.41, 5.74) is 0.968. The van der Waals surface area contributed by atoms with E-state index in [0.29, 0.717) is 21.9 Å². The van der Waals surface area contributed by atoms with E-state index in [2.05, 4.69) is 5.16 Å². The van der Waals surface area contributed by atoms with Crippen molar-refractivity contribution >= 4 is 17.8 Å². The molecule has 0 atom stereocenters. The van der Waals surface area contributed by atoms with Crippen LogP contribution in [0.2, 0.25) is 5.02 Å². The van der Waals surface area contributed by atoms with Crippen LogP contribution in [-0.2, 0) is 6.61 Å². The molecule has 0 aliphatic carbocycles. The second-order valence-corrected chi connectivity index (χ2v) is 4.24. The highest BCUT2D eigenvalue weighted by Crippen LogP contribution is 2.22. The zero-order chi connectivity index (χ0) is 13.7. The van der Waals surface area contributed by atoms with Gasteiger partial charge in [0.05, 0.1) is 6.21 Å². The fourth-order valence-electron chi connectivity index (χ4n) is 1.58. The van der Waals surface area contributed by atoms with Gasteiger partial charge in [-0.1, -0.05) is 35.0 Å². The average molecular weight is 280 g/mol. The van der Waals surface area contributed by atoms with E-state index >= 15 is 0 Å². The zero-order valence-corrected chi connectivity index (χ0v) is 10.6. The van der Waals surface area contributed by atoms with Gasteiger partial charge in [0, 0.05) is 16.1 Å². The molecule has 0 aliphatic rings. The van der Waals surface area contributed by atoms with Crippen molar-refractivity contribution in [3.63, 3.8) is 0 Å². The number of hydrogen-bond donors (Lipinski definition) is 1. The molecule has 0 heterocycles. The van der Waals surface area contributed by atoms with Gasteiger partial charge in [0.1, 0.15) is 18.2 Å². The summed E-state index contributed by atoms with van der Waals surface area (Å²) >= 11 is 5.84. The lowest BCUT2D eigenvalue weighted by Gasteiger charge is -2.09. The fraction of sp³-hybridized carbons (Fsp3) is 0.0714. The first-order valence-electron chi connectivity index (χ1n) is 5.54. The van der Waals surface area contributed by atoms with E-state index < -0.39 is 0 Å². The Labute approximate surface area is 114 Å². The van der Waals surface area contributed by atoms with E-state index in [9.17, 15) is 4.39 Å². The van der Waals surface area contributed by atoms with E-state index in [4.69, 9.17) is 21.5 Å². The number of rotatable bonds is 4. The molecule has 2 aromatic rings. The van der Waals surface area contributed by atoms with E-state index in [1.165, 1.54) is 12.3 Å².